The third-order valence-corrected chi connectivity index (χ3v) is 2.67. The molecule has 0 radical (unpaired) electrons. The normalized spacial score (nSPS) is 19.6. The SMILES string of the molecule is O=C1CC(Nc2nc3ccccc3[nH]2)C(=O)N1. The third-order valence-electron chi connectivity index (χ3n) is 2.67. The summed E-state index contributed by atoms with van der Waals surface area (Å²) in [6.07, 6.45) is 0.149. The molecule has 2 heterocycles. The Morgan fingerprint density at radius 3 is 2.82 bits per heavy atom. The van der Waals surface area contributed by atoms with E-state index in [1.165, 1.54) is 0 Å². The summed E-state index contributed by atoms with van der Waals surface area (Å²) in [5.41, 5.74) is 1.71. The van der Waals surface area contributed by atoms with E-state index in [0.29, 0.717) is 5.95 Å². The van der Waals surface area contributed by atoms with Crippen molar-refractivity contribution >= 4 is 28.8 Å². The number of imidazole rings is 1. The van der Waals surface area contributed by atoms with Crippen LogP contribution in [0.5, 0.6) is 0 Å². The number of benzene rings is 1. The Bertz CT molecular complexity index is 571. The Balaban J connectivity index is 1.85. The molecule has 1 fully saturated rings. The van der Waals surface area contributed by atoms with Gasteiger partial charge in [-0.15, -0.1) is 0 Å². The van der Waals surface area contributed by atoms with Gasteiger partial charge in [-0.05, 0) is 12.1 Å². The number of amides is 2. The highest BCUT2D eigenvalue weighted by atomic mass is 16.2. The van der Waals surface area contributed by atoms with Crippen LogP contribution in [0, 0.1) is 0 Å². The molecule has 0 saturated carbocycles. The number of carbonyl (C=O) groups is 2. The van der Waals surface area contributed by atoms with E-state index in [9.17, 15) is 9.59 Å². The number of H-pyrrole nitrogens is 1. The molecule has 86 valence electrons. The van der Waals surface area contributed by atoms with E-state index in [4.69, 9.17) is 0 Å². The molecule has 1 aliphatic rings. The van der Waals surface area contributed by atoms with Crippen LogP contribution in [0.4, 0.5) is 5.95 Å². The number of anilines is 1. The number of carbonyl (C=O) groups excluding carboxylic acids is 2. The molecule has 1 unspecified atom stereocenters. The first-order valence-electron chi connectivity index (χ1n) is 5.27. The molecular weight excluding hydrogens is 220 g/mol. The summed E-state index contributed by atoms with van der Waals surface area (Å²) >= 11 is 0. The van der Waals surface area contributed by atoms with Crippen LogP contribution in [0.25, 0.3) is 11.0 Å². The number of hydrogen-bond acceptors (Lipinski definition) is 4. The number of hydrogen-bond donors (Lipinski definition) is 3. The van der Waals surface area contributed by atoms with Gasteiger partial charge in [0.2, 0.25) is 17.8 Å². The van der Waals surface area contributed by atoms with Gasteiger partial charge in [-0.2, -0.15) is 0 Å². The fourth-order valence-corrected chi connectivity index (χ4v) is 1.86. The summed E-state index contributed by atoms with van der Waals surface area (Å²) < 4.78 is 0. The molecule has 2 aromatic rings. The highest BCUT2D eigenvalue weighted by molar-refractivity contribution is 6.06. The Hall–Kier alpha value is -2.37. The van der Waals surface area contributed by atoms with E-state index in [-0.39, 0.29) is 18.2 Å². The van der Waals surface area contributed by atoms with Crippen molar-refractivity contribution in [3.8, 4) is 0 Å². The molecule has 1 aromatic heterocycles. The number of imide groups is 1. The first-order valence-corrected chi connectivity index (χ1v) is 5.27. The maximum atomic E-state index is 11.4. The van der Waals surface area contributed by atoms with E-state index in [0.717, 1.165) is 11.0 Å². The van der Waals surface area contributed by atoms with Crippen LogP contribution in [0.2, 0.25) is 0 Å². The van der Waals surface area contributed by atoms with Gasteiger partial charge >= 0.3 is 0 Å². The summed E-state index contributed by atoms with van der Waals surface area (Å²) in [4.78, 5) is 29.7. The molecule has 6 heteroatoms. The fourth-order valence-electron chi connectivity index (χ4n) is 1.86. The number of nitrogens with zero attached hydrogens (tertiary/aromatic N) is 1. The van der Waals surface area contributed by atoms with Crippen LogP contribution in [0.3, 0.4) is 0 Å². The topological polar surface area (TPSA) is 86.9 Å². The molecule has 1 aromatic carbocycles. The second kappa shape index (κ2) is 3.58. The molecule has 0 spiro atoms. The van der Waals surface area contributed by atoms with E-state index in [1.54, 1.807) is 0 Å². The summed E-state index contributed by atoms with van der Waals surface area (Å²) in [7, 11) is 0. The smallest absolute Gasteiger partial charge is 0.249 e. The van der Waals surface area contributed by atoms with Gasteiger partial charge in [-0.25, -0.2) is 4.98 Å². The highest BCUT2D eigenvalue weighted by Crippen LogP contribution is 2.15. The Kier molecular flexibility index (Phi) is 2.07. The quantitative estimate of drug-likeness (QED) is 0.651. The van der Waals surface area contributed by atoms with Crippen molar-refractivity contribution in [3.05, 3.63) is 24.3 Å². The fraction of sp³-hybridized carbons (Fsp3) is 0.182. The second-order valence-corrected chi connectivity index (χ2v) is 3.92. The zero-order valence-corrected chi connectivity index (χ0v) is 8.86. The van der Waals surface area contributed by atoms with Crippen LogP contribution in [0.15, 0.2) is 24.3 Å². The Morgan fingerprint density at radius 2 is 2.12 bits per heavy atom. The van der Waals surface area contributed by atoms with Crippen LogP contribution < -0.4 is 10.6 Å². The van der Waals surface area contributed by atoms with Crippen LogP contribution in [-0.4, -0.2) is 27.8 Å². The number of rotatable bonds is 2. The van der Waals surface area contributed by atoms with Crippen molar-refractivity contribution in [2.75, 3.05) is 5.32 Å². The lowest BCUT2D eigenvalue weighted by molar-refractivity contribution is -0.124. The highest BCUT2D eigenvalue weighted by Gasteiger charge is 2.30. The zero-order valence-electron chi connectivity index (χ0n) is 8.86. The molecule has 17 heavy (non-hydrogen) atoms. The van der Waals surface area contributed by atoms with Gasteiger partial charge in [0.25, 0.3) is 0 Å². The second-order valence-electron chi connectivity index (χ2n) is 3.92. The summed E-state index contributed by atoms with van der Waals surface area (Å²) in [5, 5.41) is 5.15. The van der Waals surface area contributed by atoms with Crippen LogP contribution in [-0.2, 0) is 9.59 Å². The number of nitrogens with one attached hydrogen (secondary N) is 3. The van der Waals surface area contributed by atoms with Crippen molar-refractivity contribution in [1.82, 2.24) is 15.3 Å². The van der Waals surface area contributed by atoms with E-state index in [2.05, 4.69) is 20.6 Å². The largest absolute Gasteiger partial charge is 0.343 e. The van der Waals surface area contributed by atoms with E-state index < -0.39 is 6.04 Å². The molecular formula is C11H10N4O2. The van der Waals surface area contributed by atoms with Gasteiger partial charge in [0, 0.05) is 0 Å². The Labute approximate surface area is 96.4 Å². The molecule has 0 aliphatic carbocycles. The number of para-hydroxylation sites is 2. The predicted molar refractivity (Wildman–Crippen MR) is 61.3 cm³/mol. The number of aromatic nitrogens is 2. The average molecular weight is 230 g/mol. The number of aromatic amines is 1. The molecule has 3 N–H and O–H groups in total. The molecule has 2 amide bonds. The van der Waals surface area contributed by atoms with Crippen molar-refractivity contribution in [2.45, 2.75) is 12.5 Å². The summed E-state index contributed by atoms with van der Waals surface area (Å²) in [6.45, 7) is 0. The lowest BCUT2D eigenvalue weighted by atomic mass is 10.2. The van der Waals surface area contributed by atoms with Crippen molar-refractivity contribution < 1.29 is 9.59 Å². The van der Waals surface area contributed by atoms with Crippen LogP contribution in [0.1, 0.15) is 6.42 Å². The van der Waals surface area contributed by atoms with Gasteiger partial charge in [-0.3, -0.25) is 14.9 Å². The van der Waals surface area contributed by atoms with Gasteiger partial charge in [-0.1, -0.05) is 12.1 Å². The van der Waals surface area contributed by atoms with Gasteiger partial charge in [0.15, 0.2) is 0 Å². The van der Waals surface area contributed by atoms with Gasteiger partial charge < -0.3 is 10.3 Å². The van der Waals surface area contributed by atoms with Gasteiger partial charge in [0.05, 0.1) is 17.5 Å². The molecule has 6 nitrogen and oxygen atoms in total. The average Bonchev–Trinajstić information content (AvgIpc) is 2.82. The lowest BCUT2D eigenvalue weighted by Gasteiger charge is -2.06. The minimum atomic E-state index is -0.539. The third kappa shape index (κ3) is 1.73. The maximum Gasteiger partial charge on any atom is 0.249 e. The van der Waals surface area contributed by atoms with Crippen molar-refractivity contribution in [1.29, 1.82) is 0 Å². The van der Waals surface area contributed by atoms with E-state index in [1.807, 2.05) is 24.3 Å². The van der Waals surface area contributed by atoms with E-state index >= 15 is 0 Å². The molecule has 1 saturated heterocycles. The minimum Gasteiger partial charge on any atom is -0.343 e. The first-order chi connectivity index (χ1) is 8.22. The molecule has 1 aliphatic heterocycles. The lowest BCUT2D eigenvalue weighted by Crippen LogP contribution is -2.30. The first kappa shape index (κ1) is 9.83. The Morgan fingerprint density at radius 1 is 1.29 bits per heavy atom. The zero-order chi connectivity index (χ0) is 11.8. The van der Waals surface area contributed by atoms with Crippen molar-refractivity contribution in [3.63, 3.8) is 0 Å². The van der Waals surface area contributed by atoms with Crippen LogP contribution >= 0.6 is 0 Å². The van der Waals surface area contributed by atoms with Crippen molar-refractivity contribution in [2.24, 2.45) is 0 Å². The molecule has 3 rings (SSSR count). The monoisotopic (exact) mass is 230 g/mol. The summed E-state index contributed by atoms with van der Waals surface area (Å²) in [6, 6.07) is 7.02. The molecule has 0 bridgehead atoms. The molecule has 1 atom stereocenters. The predicted octanol–water partition coefficient (Wildman–Crippen LogP) is 0.390. The maximum absolute atomic E-state index is 11.4. The number of fused-ring (bicyclic) bond motifs is 1. The standard InChI is InChI=1S/C11H10N4O2/c16-9-5-8(10(17)15-9)14-11-12-6-3-1-2-4-7(6)13-11/h1-4,8H,5H2,(H2,12,13,14)(H,15,16,17). The minimum absolute atomic E-state index is 0.149. The summed E-state index contributed by atoms with van der Waals surface area (Å²) in [5.74, 6) is -0.0693. The van der Waals surface area contributed by atoms with Gasteiger partial charge in [0.1, 0.15) is 6.04 Å².